The van der Waals surface area contributed by atoms with Gasteiger partial charge in [0.1, 0.15) is 0 Å². The number of fused-ring (bicyclic) bond motifs is 3. The molecule has 146 valence electrons. The molecule has 2 aromatic carbocycles. The van der Waals surface area contributed by atoms with Crippen molar-refractivity contribution in [3.63, 3.8) is 0 Å². The summed E-state index contributed by atoms with van der Waals surface area (Å²) in [6.45, 7) is 3.27. The predicted molar refractivity (Wildman–Crippen MR) is 113 cm³/mol. The average molecular weight is 500 g/mol. The van der Waals surface area contributed by atoms with Crippen LogP contribution < -0.4 is 0 Å². The zero-order valence-electron chi connectivity index (χ0n) is 15.6. The highest BCUT2D eigenvalue weighted by molar-refractivity contribution is 9.10. The van der Waals surface area contributed by atoms with Gasteiger partial charge < -0.3 is 18.9 Å². The summed E-state index contributed by atoms with van der Waals surface area (Å²) in [5.74, 6) is 0. The number of benzene rings is 2. The Bertz CT molecular complexity index is 713. The fourth-order valence-corrected chi connectivity index (χ4v) is 4.29. The molecule has 0 aliphatic heterocycles. The Balaban J connectivity index is 2.03. The van der Waals surface area contributed by atoms with Gasteiger partial charge in [-0.2, -0.15) is 0 Å². The lowest BCUT2D eigenvalue weighted by atomic mass is 9.79. The molecule has 1 aliphatic carbocycles. The molecule has 27 heavy (non-hydrogen) atoms. The van der Waals surface area contributed by atoms with Gasteiger partial charge in [-0.1, -0.05) is 44.0 Å². The van der Waals surface area contributed by atoms with E-state index in [0.29, 0.717) is 39.6 Å². The molecule has 0 N–H and O–H groups in total. The summed E-state index contributed by atoms with van der Waals surface area (Å²) in [5.41, 5.74) is 4.53. The van der Waals surface area contributed by atoms with Crippen LogP contribution in [0.2, 0.25) is 0 Å². The monoisotopic (exact) mass is 498 g/mol. The van der Waals surface area contributed by atoms with Crippen LogP contribution in [0.3, 0.4) is 0 Å². The summed E-state index contributed by atoms with van der Waals surface area (Å²) in [5, 5.41) is 0. The molecular weight excluding hydrogens is 476 g/mol. The molecule has 1 aliphatic rings. The van der Waals surface area contributed by atoms with Crippen molar-refractivity contribution in [2.24, 2.45) is 0 Å². The average Bonchev–Trinajstić information content (AvgIpc) is 2.92. The van der Waals surface area contributed by atoms with Crippen LogP contribution in [0.4, 0.5) is 0 Å². The van der Waals surface area contributed by atoms with Crippen molar-refractivity contribution in [2.75, 3.05) is 53.9 Å². The summed E-state index contributed by atoms with van der Waals surface area (Å²) < 4.78 is 24.5. The topological polar surface area (TPSA) is 36.9 Å². The normalized spacial score (nSPS) is 14.2. The Morgan fingerprint density at radius 1 is 0.704 bits per heavy atom. The Morgan fingerprint density at radius 3 is 1.56 bits per heavy atom. The Labute approximate surface area is 177 Å². The van der Waals surface area contributed by atoms with Crippen LogP contribution >= 0.6 is 31.9 Å². The summed E-state index contributed by atoms with van der Waals surface area (Å²) in [6.07, 6.45) is 0. The maximum Gasteiger partial charge on any atom is 0.0700 e. The third-order valence-corrected chi connectivity index (χ3v) is 5.83. The van der Waals surface area contributed by atoms with Gasteiger partial charge in [0.25, 0.3) is 0 Å². The first-order chi connectivity index (χ1) is 13.1. The highest BCUT2D eigenvalue weighted by Crippen LogP contribution is 2.50. The van der Waals surface area contributed by atoms with E-state index < -0.39 is 0 Å². The van der Waals surface area contributed by atoms with E-state index in [2.05, 4.69) is 68.3 Å². The van der Waals surface area contributed by atoms with Crippen molar-refractivity contribution in [3.8, 4) is 11.1 Å². The predicted octanol–water partition coefficient (Wildman–Crippen LogP) is 4.80. The molecule has 4 nitrogen and oxygen atoms in total. The van der Waals surface area contributed by atoms with E-state index >= 15 is 0 Å². The second-order valence-corrected chi connectivity index (χ2v) is 8.38. The van der Waals surface area contributed by atoms with E-state index in [0.717, 1.165) is 8.95 Å². The van der Waals surface area contributed by atoms with E-state index in [1.807, 2.05) is 0 Å². The van der Waals surface area contributed by atoms with Crippen LogP contribution in [-0.4, -0.2) is 53.9 Å². The van der Waals surface area contributed by atoms with Gasteiger partial charge in [0.15, 0.2) is 0 Å². The van der Waals surface area contributed by atoms with E-state index in [1.165, 1.54) is 22.3 Å². The lowest BCUT2D eigenvalue weighted by Crippen LogP contribution is -2.37. The largest absolute Gasteiger partial charge is 0.382 e. The van der Waals surface area contributed by atoms with Gasteiger partial charge in [-0.25, -0.2) is 0 Å². The maximum absolute atomic E-state index is 6.04. The molecule has 0 saturated carbocycles. The van der Waals surface area contributed by atoms with Crippen LogP contribution in [0.1, 0.15) is 11.1 Å². The van der Waals surface area contributed by atoms with Crippen LogP contribution in [0, 0.1) is 0 Å². The molecule has 3 rings (SSSR count). The molecule has 0 unspecified atom stereocenters. The molecule has 0 bridgehead atoms. The van der Waals surface area contributed by atoms with Crippen LogP contribution in [0.5, 0.6) is 0 Å². The number of ether oxygens (including phenoxy) is 4. The molecule has 0 atom stereocenters. The molecule has 0 spiro atoms. The van der Waals surface area contributed by atoms with E-state index in [-0.39, 0.29) is 5.41 Å². The van der Waals surface area contributed by atoms with Crippen molar-refractivity contribution >= 4 is 31.9 Å². The number of methoxy groups -OCH3 is 2. The third kappa shape index (κ3) is 4.47. The van der Waals surface area contributed by atoms with Crippen molar-refractivity contribution in [1.82, 2.24) is 0 Å². The fourth-order valence-electron chi connectivity index (χ4n) is 3.57. The first-order valence-corrected chi connectivity index (χ1v) is 10.4. The Kier molecular flexibility index (Phi) is 7.48. The number of halogens is 2. The SMILES string of the molecule is COCCOCC1(COCCOC)c2cc(Br)ccc2-c2ccc(Br)cc21. The van der Waals surface area contributed by atoms with Gasteiger partial charge in [0, 0.05) is 23.2 Å². The van der Waals surface area contributed by atoms with E-state index in [9.17, 15) is 0 Å². The third-order valence-electron chi connectivity index (χ3n) is 4.85. The van der Waals surface area contributed by atoms with Gasteiger partial charge in [-0.3, -0.25) is 0 Å². The standard InChI is InChI=1S/C21H24Br2O4/c1-24-7-9-26-13-21(14-27-10-8-25-2)19-11-15(22)3-5-17(19)18-6-4-16(23)12-20(18)21/h3-6,11-12H,7-10,13-14H2,1-2H3. The van der Waals surface area contributed by atoms with E-state index in [4.69, 9.17) is 18.9 Å². The van der Waals surface area contributed by atoms with Gasteiger partial charge in [-0.15, -0.1) is 0 Å². The molecule has 2 aromatic rings. The first-order valence-electron chi connectivity index (χ1n) is 8.86. The maximum atomic E-state index is 6.04. The Hall–Kier alpha value is -0.760. The smallest absolute Gasteiger partial charge is 0.0700 e. The quantitative estimate of drug-likeness (QED) is 0.440. The summed E-state index contributed by atoms with van der Waals surface area (Å²) >= 11 is 7.26. The highest BCUT2D eigenvalue weighted by atomic mass is 79.9. The zero-order valence-corrected chi connectivity index (χ0v) is 18.8. The van der Waals surface area contributed by atoms with Crippen molar-refractivity contribution < 1.29 is 18.9 Å². The minimum atomic E-state index is -0.375. The van der Waals surface area contributed by atoms with Gasteiger partial charge in [0.05, 0.1) is 45.1 Å². The second-order valence-electron chi connectivity index (χ2n) is 6.55. The van der Waals surface area contributed by atoms with E-state index in [1.54, 1.807) is 14.2 Å². The van der Waals surface area contributed by atoms with Gasteiger partial charge in [-0.05, 0) is 46.5 Å². The fraction of sp³-hybridized carbons (Fsp3) is 0.429. The zero-order chi connectivity index (χ0) is 19.3. The minimum Gasteiger partial charge on any atom is -0.382 e. The van der Waals surface area contributed by atoms with Gasteiger partial charge in [0.2, 0.25) is 0 Å². The van der Waals surface area contributed by atoms with Crippen molar-refractivity contribution in [1.29, 1.82) is 0 Å². The lowest BCUT2D eigenvalue weighted by molar-refractivity contribution is 0.00528. The number of rotatable bonds is 10. The molecular formula is C21H24Br2O4. The molecule has 0 saturated heterocycles. The van der Waals surface area contributed by atoms with Crippen molar-refractivity contribution in [3.05, 3.63) is 56.5 Å². The molecule has 0 radical (unpaired) electrons. The number of hydrogen-bond donors (Lipinski definition) is 0. The van der Waals surface area contributed by atoms with Crippen LogP contribution in [0.15, 0.2) is 45.3 Å². The summed E-state index contributed by atoms with van der Waals surface area (Å²) in [6, 6.07) is 12.9. The summed E-state index contributed by atoms with van der Waals surface area (Å²) in [7, 11) is 3.36. The molecule has 0 aromatic heterocycles. The second kappa shape index (κ2) is 9.63. The molecule has 0 fully saturated rings. The first kappa shape index (κ1) is 21.0. The summed E-state index contributed by atoms with van der Waals surface area (Å²) in [4.78, 5) is 0. The van der Waals surface area contributed by atoms with Gasteiger partial charge >= 0.3 is 0 Å². The minimum absolute atomic E-state index is 0.375. The molecule has 6 heteroatoms. The van der Waals surface area contributed by atoms with Crippen molar-refractivity contribution in [2.45, 2.75) is 5.41 Å². The van der Waals surface area contributed by atoms with Crippen LogP contribution in [-0.2, 0) is 24.4 Å². The molecule has 0 amide bonds. The Morgan fingerprint density at radius 2 is 1.15 bits per heavy atom. The lowest BCUT2D eigenvalue weighted by Gasteiger charge is -2.32. The molecule has 0 heterocycles. The number of hydrogen-bond acceptors (Lipinski definition) is 4. The van der Waals surface area contributed by atoms with Crippen LogP contribution in [0.25, 0.3) is 11.1 Å². The highest BCUT2D eigenvalue weighted by Gasteiger charge is 2.44.